The molecular weight excluding hydrogens is 524 g/mol. The van der Waals surface area contributed by atoms with Crippen molar-refractivity contribution in [1.82, 2.24) is 10.2 Å². The van der Waals surface area contributed by atoms with E-state index in [9.17, 15) is 14.4 Å². The normalized spacial score (nSPS) is 17.2. The van der Waals surface area contributed by atoms with Crippen molar-refractivity contribution in [2.24, 2.45) is 5.92 Å². The number of nitrogens with zero attached hydrogens (tertiary/aromatic N) is 1. The number of fused-ring (bicyclic) bond motifs is 1. The number of amides is 2. The van der Waals surface area contributed by atoms with Crippen LogP contribution in [0.2, 0.25) is 0 Å². The van der Waals surface area contributed by atoms with Gasteiger partial charge in [-0.1, -0.05) is 84.9 Å². The summed E-state index contributed by atoms with van der Waals surface area (Å²) in [6, 6.07) is 31.6. The van der Waals surface area contributed by atoms with Crippen LogP contribution in [0.3, 0.4) is 0 Å². The van der Waals surface area contributed by atoms with Gasteiger partial charge in [-0.05, 0) is 69.8 Å². The van der Waals surface area contributed by atoms with Gasteiger partial charge in [0.15, 0.2) is 0 Å². The molecule has 1 heterocycles. The second kappa shape index (κ2) is 12.0. The summed E-state index contributed by atoms with van der Waals surface area (Å²) >= 11 is 0. The maximum atomic E-state index is 13.3. The van der Waals surface area contributed by atoms with E-state index in [2.05, 4.69) is 23.5 Å². The fourth-order valence-electron chi connectivity index (χ4n) is 6.07. The quantitative estimate of drug-likeness (QED) is 0.282. The Morgan fingerprint density at radius 2 is 1.64 bits per heavy atom. The Balaban J connectivity index is 1.25. The predicted octanol–water partition coefficient (Wildman–Crippen LogP) is 5.69. The summed E-state index contributed by atoms with van der Waals surface area (Å²) in [5.41, 5.74) is 7.89. The first-order valence-corrected chi connectivity index (χ1v) is 14.5. The van der Waals surface area contributed by atoms with Gasteiger partial charge < -0.3 is 15.0 Å². The van der Waals surface area contributed by atoms with E-state index in [-0.39, 0.29) is 29.6 Å². The molecule has 4 aromatic carbocycles. The number of carbonyl (C=O) groups is 3. The van der Waals surface area contributed by atoms with Crippen LogP contribution in [0.15, 0.2) is 97.1 Å². The molecule has 212 valence electrons. The molecule has 0 bridgehead atoms. The number of ether oxygens (including phenoxy) is 1. The summed E-state index contributed by atoms with van der Waals surface area (Å²) in [5.74, 6) is 0.0451. The predicted molar refractivity (Wildman–Crippen MR) is 162 cm³/mol. The van der Waals surface area contributed by atoms with Crippen LogP contribution in [0.5, 0.6) is 0 Å². The highest BCUT2D eigenvalue weighted by molar-refractivity contribution is 5.91. The SMILES string of the molecule is COC(=O)c1cccc(-c2ccc(CNC(=O)[C@H]3C[C@H]3c3ccccc3)c3c2CCN(C(=O)Cc2ccccc2)C3)c1. The van der Waals surface area contributed by atoms with E-state index in [0.717, 1.165) is 39.8 Å². The second-order valence-electron chi connectivity index (χ2n) is 11.1. The van der Waals surface area contributed by atoms with Gasteiger partial charge in [0, 0.05) is 25.6 Å². The van der Waals surface area contributed by atoms with Crippen molar-refractivity contribution in [2.75, 3.05) is 13.7 Å². The maximum absolute atomic E-state index is 13.3. The van der Waals surface area contributed by atoms with Crippen LogP contribution in [-0.4, -0.2) is 36.3 Å². The van der Waals surface area contributed by atoms with Crippen molar-refractivity contribution in [3.8, 4) is 11.1 Å². The molecule has 42 heavy (non-hydrogen) atoms. The summed E-state index contributed by atoms with van der Waals surface area (Å²) in [7, 11) is 1.38. The van der Waals surface area contributed by atoms with Gasteiger partial charge >= 0.3 is 5.97 Å². The second-order valence-corrected chi connectivity index (χ2v) is 11.1. The monoisotopic (exact) mass is 558 g/mol. The van der Waals surface area contributed by atoms with Crippen molar-refractivity contribution in [2.45, 2.75) is 38.3 Å². The standard InChI is InChI=1S/C36H34N2O4/c1-42-36(41)27-14-8-13-26(20-27)29-16-15-28(22-37-35(40)32-21-31(32)25-11-6-3-7-12-25)33-23-38(18-17-30(29)33)34(39)19-24-9-4-2-5-10-24/h2-16,20,31-32H,17-19,21-23H2,1H3,(H,37,40)/t31-,32-/m0/s1. The minimum atomic E-state index is -0.378. The number of nitrogens with one attached hydrogen (secondary N) is 1. The number of esters is 1. The number of rotatable bonds is 8. The molecule has 0 saturated heterocycles. The lowest BCUT2D eigenvalue weighted by molar-refractivity contribution is -0.131. The Hall–Kier alpha value is -4.71. The molecule has 0 unspecified atom stereocenters. The van der Waals surface area contributed by atoms with Crippen molar-refractivity contribution in [1.29, 1.82) is 0 Å². The van der Waals surface area contributed by atoms with Gasteiger partial charge in [0.1, 0.15) is 0 Å². The van der Waals surface area contributed by atoms with Gasteiger partial charge in [0.25, 0.3) is 0 Å². The third kappa shape index (κ3) is 5.84. The molecule has 2 amide bonds. The molecule has 1 aliphatic carbocycles. The van der Waals surface area contributed by atoms with Crippen molar-refractivity contribution >= 4 is 17.8 Å². The molecule has 6 rings (SSSR count). The van der Waals surface area contributed by atoms with E-state index >= 15 is 0 Å². The zero-order valence-electron chi connectivity index (χ0n) is 23.7. The molecule has 1 fully saturated rings. The van der Waals surface area contributed by atoms with Gasteiger partial charge in [0.2, 0.25) is 11.8 Å². The summed E-state index contributed by atoms with van der Waals surface area (Å²) in [6.07, 6.45) is 1.91. The first-order chi connectivity index (χ1) is 20.5. The lowest BCUT2D eigenvalue weighted by Gasteiger charge is -2.32. The summed E-state index contributed by atoms with van der Waals surface area (Å²) in [5, 5.41) is 3.18. The van der Waals surface area contributed by atoms with Gasteiger partial charge in [-0.2, -0.15) is 0 Å². The Bertz CT molecular complexity index is 1620. The number of carbonyl (C=O) groups excluding carboxylic acids is 3. The molecule has 1 saturated carbocycles. The molecule has 1 N–H and O–H groups in total. The van der Waals surface area contributed by atoms with E-state index in [1.165, 1.54) is 12.7 Å². The molecular formula is C36H34N2O4. The highest BCUT2D eigenvalue weighted by Gasteiger charge is 2.43. The van der Waals surface area contributed by atoms with Crippen molar-refractivity contribution in [3.63, 3.8) is 0 Å². The fraction of sp³-hybridized carbons (Fsp3) is 0.250. The van der Waals surface area contributed by atoms with Gasteiger partial charge in [-0.3, -0.25) is 9.59 Å². The number of hydrogen-bond donors (Lipinski definition) is 1. The van der Waals surface area contributed by atoms with E-state index < -0.39 is 0 Å². The third-order valence-electron chi connectivity index (χ3n) is 8.46. The molecule has 0 aromatic heterocycles. The Morgan fingerprint density at radius 1 is 0.881 bits per heavy atom. The Morgan fingerprint density at radius 3 is 2.40 bits per heavy atom. The summed E-state index contributed by atoms with van der Waals surface area (Å²) in [4.78, 5) is 40.6. The zero-order chi connectivity index (χ0) is 29.1. The molecule has 1 aliphatic heterocycles. The third-order valence-corrected chi connectivity index (χ3v) is 8.46. The first-order valence-electron chi connectivity index (χ1n) is 14.5. The maximum Gasteiger partial charge on any atom is 0.337 e. The van der Waals surface area contributed by atoms with Gasteiger partial charge in [0.05, 0.1) is 19.1 Å². The molecule has 4 aromatic rings. The van der Waals surface area contributed by atoms with Crippen molar-refractivity contribution in [3.05, 3.63) is 130 Å². The number of methoxy groups -OCH3 is 1. The Kier molecular flexibility index (Phi) is 7.87. The summed E-state index contributed by atoms with van der Waals surface area (Å²) < 4.78 is 4.94. The largest absolute Gasteiger partial charge is 0.465 e. The van der Waals surface area contributed by atoms with E-state index in [0.29, 0.717) is 38.0 Å². The fourth-order valence-corrected chi connectivity index (χ4v) is 6.07. The van der Waals surface area contributed by atoms with Crippen LogP contribution in [-0.2, 0) is 40.3 Å². The molecule has 0 spiro atoms. The highest BCUT2D eigenvalue weighted by atomic mass is 16.5. The highest BCUT2D eigenvalue weighted by Crippen LogP contribution is 2.47. The van der Waals surface area contributed by atoms with Crippen LogP contribution in [0, 0.1) is 5.92 Å². The first kappa shape index (κ1) is 27.5. The Labute approximate surface area is 246 Å². The molecule has 6 nitrogen and oxygen atoms in total. The zero-order valence-corrected chi connectivity index (χ0v) is 23.7. The van der Waals surface area contributed by atoms with E-state index in [4.69, 9.17) is 4.74 Å². The van der Waals surface area contributed by atoms with E-state index in [1.807, 2.05) is 77.7 Å². The van der Waals surface area contributed by atoms with Gasteiger partial charge in [-0.25, -0.2) is 4.79 Å². The minimum Gasteiger partial charge on any atom is -0.465 e. The van der Waals surface area contributed by atoms with Crippen LogP contribution in [0.1, 0.15) is 50.5 Å². The van der Waals surface area contributed by atoms with E-state index in [1.54, 1.807) is 6.07 Å². The van der Waals surface area contributed by atoms with Crippen LogP contribution in [0.4, 0.5) is 0 Å². The molecule has 0 radical (unpaired) electrons. The van der Waals surface area contributed by atoms with Crippen LogP contribution in [0.25, 0.3) is 11.1 Å². The van der Waals surface area contributed by atoms with Gasteiger partial charge in [-0.15, -0.1) is 0 Å². The average Bonchev–Trinajstić information content (AvgIpc) is 3.85. The van der Waals surface area contributed by atoms with Crippen molar-refractivity contribution < 1.29 is 19.1 Å². The topological polar surface area (TPSA) is 75.7 Å². The van der Waals surface area contributed by atoms with Crippen LogP contribution >= 0.6 is 0 Å². The molecule has 2 atom stereocenters. The smallest absolute Gasteiger partial charge is 0.337 e. The molecule has 6 heteroatoms. The number of hydrogen-bond acceptors (Lipinski definition) is 4. The molecule has 2 aliphatic rings. The summed E-state index contributed by atoms with van der Waals surface area (Å²) in [6.45, 7) is 1.49. The van der Waals surface area contributed by atoms with Crippen LogP contribution < -0.4 is 5.32 Å². The number of benzene rings is 4. The average molecular weight is 559 g/mol. The lowest BCUT2D eigenvalue weighted by Crippen LogP contribution is -2.38. The lowest BCUT2D eigenvalue weighted by atomic mass is 9.87. The minimum absolute atomic E-state index is 0.00694.